The summed E-state index contributed by atoms with van der Waals surface area (Å²) in [6, 6.07) is 3.70. The molecular formula is C7H6N2O2. The van der Waals surface area contributed by atoms with Gasteiger partial charge >= 0.3 is 0 Å². The standard InChI is InChI=1S/C7H6N2O2/c8-7-9-4-6(11-7)5-2-1-3-10-5/h1-4H,(H2,8,9). The van der Waals surface area contributed by atoms with Gasteiger partial charge in [0.1, 0.15) is 0 Å². The molecule has 0 bridgehead atoms. The lowest BCUT2D eigenvalue weighted by atomic mass is 10.4. The minimum atomic E-state index is 0.149. The minimum absolute atomic E-state index is 0.149. The molecule has 0 atom stereocenters. The van der Waals surface area contributed by atoms with Crippen LogP contribution in [0.15, 0.2) is 33.4 Å². The SMILES string of the molecule is Nc1ncc(-c2ccco2)o1. The average Bonchev–Trinajstić information content (AvgIpc) is 2.55. The third kappa shape index (κ3) is 0.980. The van der Waals surface area contributed by atoms with E-state index in [9.17, 15) is 0 Å². The predicted molar refractivity (Wildman–Crippen MR) is 38.6 cm³/mol. The number of hydrogen-bond donors (Lipinski definition) is 1. The Morgan fingerprint density at radius 1 is 1.36 bits per heavy atom. The molecule has 2 N–H and O–H groups in total. The summed E-state index contributed by atoms with van der Waals surface area (Å²) in [5, 5.41) is 0. The van der Waals surface area contributed by atoms with Gasteiger partial charge in [0, 0.05) is 0 Å². The Morgan fingerprint density at radius 2 is 2.27 bits per heavy atom. The molecule has 4 nitrogen and oxygen atoms in total. The fraction of sp³-hybridized carbons (Fsp3) is 0. The van der Waals surface area contributed by atoms with Gasteiger partial charge < -0.3 is 14.6 Å². The van der Waals surface area contributed by atoms with Gasteiger partial charge in [-0.3, -0.25) is 0 Å². The summed E-state index contributed by atoms with van der Waals surface area (Å²) in [4.78, 5) is 3.72. The van der Waals surface area contributed by atoms with Gasteiger partial charge in [-0.2, -0.15) is 0 Å². The van der Waals surface area contributed by atoms with Gasteiger partial charge in [-0.15, -0.1) is 0 Å². The van der Waals surface area contributed by atoms with Gasteiger partial charge in [-0.1, -0.05) is 0 Å². The second kappa shape index (κ2) is 2.16. The summed E-state index contributed by atoms with van der Waals surface area (Å²) in [7, 11) is 0. The van der Waals surface area contributed by atoms with E-state index >= 15 is 0 Å². The monoisotopic (exact) mass is 150 g/mol. The Morgan fingerprint density at radius 3 is 2.82 bits per heavy atom. The molecule has 0 aliphatic carbocycles. The molecule has 0 fully saturated rings. The van der Waals surface area contributed by atoms with Crippen molar-refractivity contribution in [2.24, 2.45) is 0 Å². The third-order valence-corrected chi connectivity index (χ3v) is 1.29. The van der Waals surface area contributed by atoms with Crippen molar-refractivity contribution < 1.29 is 8.83 Å². The minimum Gasteiger partial charge on any atom is -0.461 e. The molecule has 0 saturated heterocycles. The molecule has 2 aromatic rings. The molecule has 2 heterocycles. The van der Waals surface area contributed by atoms with Crippen molar-refractivity contribution in [2.45, 2.75) is 0 Å². The number of aromatic nitrogens is 1. The van der Waals surface area contributed by atoms with Gasteiger partial charge in [0.2, 0.25) is 0 Å². The van der Waals surface area contributed by atoms with Crippen molar-refractivity contribution in [3.05, 3.63) is 24.6 Å². The molecule has 0 aliphatic heterocycles. The molecule has 0 unspecified atom stereocenters. The summed E-state index contributed by atoms with van der Waals surface area (Å²) in [5.41, 5.74) is 5.27. The second-order valence-electron chi connectivity index (χ2n) is 2.04. The molecule has 2 rings (SSSR count). The highest BCUT2D eigenvalue weighted by molar-refractivity contribution is 5.49. The van der Waals surface area contributed by atoms with E-state index in [0.29, 0.717) is 11.5 Å². The molecule has 11 heavy (non-hydrogen) atoms. The van der Waals surface area contributed by atoms with Crippen LogP contribution in [0.2, 0.25) is 0 Å². The molecule has 56 valence electrons. The fourth-order valence-electron chi connectivity index (χ4n) is 0.820. The molecular weight excluding hydrogens is 144 g/mol. The maximum absolute atomic E-state index is 5.27. The smallest absolute Gasteiger partial charge is 0.292 e. The van der Waals surface area contributed by atoms with E-state index in [1.807, 2.05) is 0 Å². The Balaban J connectivity index is 2.45. The Bertz CT molecular complexity index is 337. The lowest BCUT2D eigenvalue weighted by molar-refractivity contribution is 0.531. The van der Waals surface area contributed by atoms with E-state index < -0.39 is 0 Å². The first kappa shape index (κ1) is 6.03. The summed E-state index contributed by atoms with van der Waals surface area (Å²) >= 11 is 0. The van der Waals surface area contributed by atoms with Crippen molar-refractivity contribution in [3.8, 4) is 11.5 Å². The zero-order valence-electron chi connectivity index (χ0n) is 5.65. The molecule has 0 aromatic carbocycles. The van der Waals surface area contributed by atoms with E-state index in [2.05, 4.69) is 4.98 Å². The van der Waals surface area contributed by atoms with Crippen molar-refractivity contribution in [1.29, 1.82) is 0 Å². The normalized spacial score (nSPS) is 10.2. The number of oxazole rings is 1. The first-order chi connectivity index (χ1) is 5.36. The lowest BCUT2D eigenvalue weighted by Crippen LogP contribution is -1.79. The maximum atomic E-state index is 5.27. The van der Waals surface area contributed by atoms with Crippen LogP contribution in [0.3, 0.4) is 0 Å². The number of rotatable bonds is 1. The number of nitrogen functional groups attached to an aromatic ring is 1. The molecule has 0 aliphatic rings. The van der Waals surface area contributed by atoms with Gasteiger partial charge in [-0.25, -0.2) is 4.98 Å². The molecule has 0 spiro atoms. The van der Waals surface area contributed by atoms with Gasteiger partial charge in [0.25, 0.3) is 6.01 Å². The van der Waals surface area contributed by atoms with Gasteiger partial charge in [0.05, 0.1) is 12.5 Å². The number of nitrogens with two attached hydrogens (primary N) is 1. The first-order valence-corrected chi connectivity index (χ1v) is 3.11. The number of nitrogens with zero attached hydrogens (tertiary/aromatic N) is 1. The van der Waals surface area contributed by atoms with Crippen LogP contribution in [0.1, 0.15) is 0 Å². The van der Waals surface area contributed by atoms with Crippen LogP contribution >= 0.6 is 0 Å². The van der Waals surface area contributed by atoms with Gasteiger partial charge in [0.15, 0.2) is 11.5 Å². The van der Waals surface area contributed by atoms with Crippen LogP contribution in [-0.4, -0.2) is 4.98 Å². The fourth-order valence-corrected chi connectivity index (χ4v) is 0.820. The zero-order chi connectivity index (χ0) is 7.68. The molecule has 0 amide bonds. The zero-order valence-corrected chi connectivity index (χ0v) is 5.65. The van der Waals surface area contributed by atoms with E-state index in [0.717, 1.165) is 0 Å². The number of furan rings is 1. The predicted octanol–water partition coefficient (Wildman–Crippen LogP) is 1.52. The van der Waals surface area contributed by atoms with Crippen molar-refractivity contribution in [1.82, 2.24) is 4.98 Å². The Labute approximate surface area is 62.6 Å². The van der Waals surface area contributed by atoms with E-state index in [1.165, 1.54) is 6.20 Å². The molecule has 0 radical (unpaired) electrons. The lowest BCUT2D eigenvalue weighted by Gasteiger charge is -1.84. The summed E-state index contributed by atoms with van der Waals surface area (Å²) in [5.74, 6) is 1.18. The maximum Gasteiger partial charge on any atom is 0.292 e. The first-order valence-electron chi connectivity index (χ1n) is 3.11. The van der Waals surface area contributed by atoms with Crippen LogP contribution in [0.4, 0.5) is 6.01 Å². The van der Waals surface area contributed by atoms with E-state index in [-0.39, 0.29) is 6.01 Å². The highest BCUT2D eigenvalue weighted by Crippen LogP contribution is 2.20. The quantitative estimate of drug-likeness (QED) is 0.669. The van der Waals surface area contributed by atoms with Crippen molar-refractivity contribution in [2.75, 3.05) is 5.73 Å². The third-order valence-electron chi connectivity index (χ3n) is 1.29. The number of hydrogen-bond acceptors (Lipinski definition) is 4. The molecule has 4 heteroatoms. The number of anilines is 1. The summed E-state index contributed by atoms with van der Waals surface area (Å²) in [6.45, 7) is 0. The van der Waals surface area contributed by atoms with Crippen LogP contribution in [0.25, 0.3) is 11.5 Å². The average molecular weight is 150 g/mol. The highest BCUT2D eigenvalue weighted by Gasteiger charge is 2.04. The van der Waals surface area contributed by atoms with Crippen molar-refractivity contribution in [3.63, 3.8) is 0 Å². The van der Waals surface area contributed by atoms with Crippen LogP contribution in [-0.2, 0) is 0 Å². The summed E-state index contributed by atoms with van der Waals surface area (Å²) < 4.78 is 10.0. The van der Waals surface area contributed by atoms with E-state index in [1.54, 1.807) is 18.4 Å². The Kier molecular flexibility index (Phi) is 1.18. The van der Waals surface area contributed by atoms with Crippen molar-refractivity contribution >= 4 is 6.01 Å². The second-order valence-corrected chi connectivity index (χ2v) is 2.04. The topological polar surface area (TPSA) is 65.2 Å². The van der Waals surface area contributed by atoms with Crippen LogP contribution in [0, 0.1) is 0 Å². The van der Waals surface area contributed by atoms with Crippen LogP contribution < -0.4 is 5.73 Å². The summed E-state index contributed by atoms with van der Waals surface area (Å²) in [6.07, 6.45) is 3.09. The van der Waals surface area contributed by atoms with E-state index in [4.69, 9.17) is 14.6 Å². The highest BCUT2D eigenvalue weighted by atomic mass is 16.4. The molecule has 0 saturated carbocycles. The van der Waals surface area contributed by atoms with Crippen LogP contribution in [0.5, 0.6) is 0 Å². The van der Waals surface area contributed by atoms with Gasteiger partial charge in [-0.05, 0) is 12.1 Å². The Hall–Kier alpha value is -1.71. The molecule has 2 aromatic heterocycles. The largest absolute Gasteiger partial charge is 0.461 e.